The second kappa shape index (κ2) is 14.3. The van der Waals surface area contributed by atoms with Crippen molar-refractivity contribution in [2.24, 2.45) is 0 Å². The van der Waals surface area contributed by atoms with Crippen LogP contribution < -0.4 is 0 Å². The molecule has 1 N–H and O–H groups in total. The molecule has 16 heteroatoms. The predicted octanol–water partition coefficient (Wildman–Crippen LogP) is 8.77. The number of hydrogen-bond acceptors (Lipinski definition) is 3. The van der Waals surface area contributed by atoms with Crippen molar-refractivity contribution < 1.29 is 67.4 Å². The summed E-state index contributed by atoms with van der Waals surface area (Å²) in [6.45, 7) is -1.02. The van der Waals surface area contributed by atoms with Gasteiger partial charge in [-0.3, -0.25) is 14.5 Å². The van der Waals surface area contributed by atoms with Gasteiger partial charge < -0.3 is 5.11 Å². The molecule has 1 aliphatic heterocycles. The van der Waals surface area contributed by atoms with E-state index >= 15 is 0 Å². The van der Waals surface area contributed by atoms with Gasteiger partial charge in [-0.25, -0.2) is 0 Å². The van der Waals surface area contributed by atoms with Gasteiger partial charge in [0.25, 0.3) is 11.8 Å². The minimum absolute atomic E-state index is 0.0189. The number of benzene rings is 1. The van der Waals surface area contributed by atoms with Crippen molar-refractivity contribution in [1.29, 1.82) is 0 Å². The van der Waals surface area contributed by atoms with E-state index in [2.05, 4.69) is 0 Å². The molecular formula is C28H33F12NO3. The van der Waals surface area contributed by atoms with Crippen LogP contribution in [-0.2, 0) is 0 Å². The molecule has 2 amide bonds. The van der Waals surface area contributed by atoms with Crippen LogP contribution in [0.3, 0.4) is 0 Å². The molecular weight excluding hydrogens is 626 g/mol. The summed E-state index contributed by atoms with van der Waals surface area (Å²) >= 11 is 0. The third-order valence-electron chi connectivity index (χ3n) is 7.50. The van der Waals surface area contributed by atoms with E-state index in [0.717, 1.165) is 19.3 Å². The fourth-order valence-electron chi connectivity index (χ4n) is 4.77. The van der Waals surface area contributed by atoms with Crippen LogP contribution in [0, 0.1) is 0 Å². The minimum atomic E-state index is -7.65. The number of aliphatic hydroxyl groups is 1. The highest BCUT2D eigenvalue weighted by Gasteiger charge is 2.89. The van der Waals surface area contributed by atoms with E-state index in [1.54, 1.807) is 0 Å². The van der Waals surface area contributed by atoms with Crippen LogP contribution >= 0.6 is 0 Å². The summed E-state index contributed by atoms with van der Waals surface area (Å²) in [6.07, 6.45) is -2.80. The summed E-state index contributed by atoms with van der Waals surface area (Å²) in [4.78, 5) is 24.8. The molecule has 252 valence electrons. The van der Waals surface area contributed by atoms with Crippen molar-refractivity contribution in [3.8, 4) is 0 Å². The number of halogens is 12. The number of unbranched alkanes of at least 4 members (excludes halogenated alkanes) is 8. The lowest BCUT2D eigenvalue weighted by Gasteiger charge is -2.41. The van der Waals surface area contributed by atoms with Gasteiger partial charge in [0.1, 0.15) is 0 Å². The van der Waals surface area contributed by atoms with Crippen LogP contribution in [-0.4, -0.2) is 70.5 Å². The number of fused-ring (bicyclic) bond motifs is 1. The van der Waals surface area contributed by atoms with Gasteiger partial charge in [-0.2, -0.15) is 52.7 Å². The summed E-state index contributed by atoms with van der Waals surface area (Å²) in [6, 6.07) is 5.05. The lowest BCUT2D eigenvalue weighted by Crippen LogP contribution is -2.70. The molecule has 0 atom stereocenters. The van der Waals surface area contributed by atoms with E-state index in [0.29, 0.717) is 24.2 Å². The van der Waals surface area contributed by atoms with Gasteiger partial charge in [0, 0.05) is 26.0 Å². The first-order valence-electron chi connectivity index (χ1n) is 14.0. The summed E-state index contributed by atoms with van der Waals surface area (Å²) < 4.78 is 171. The normalized spacial score (nSPS) is 15.3. The van der Waals surface area contributed by atoms with E-state index in [4.69, 9.17) is 5.11 Å². The van der Waals surface area contributed by atoms with Crippen molar-refractivity contribution >= 4 is 11.8 Å². The van der Waals surface area contributed by atoms with E-state index in [9.17, 15) is 62.3 Å². The Balaban J connectivity index is 2.02. The molecule has 1 aromatic rings. The molecule has 4 nitrogen and oxygen atoms in total. The molecule has 0 spiro atoms. The van der Waals surface area contributed by atoms with Crippen LogP contribution in [0.1, 0.15) is 97.8 Å². The van der Waals surface area contributed by atoms with Crippen LogP contribution in [0.15, 0.2) is 24.3 Å². The third-order valence-corrected chi connectivity index (χ3v) is 7.50. The minimum Gasteiger partial charge on any atom is -0.396 e. The average Bonchev–Trinajstić information content (AvgIpc) is 3.18. The van der Waals surface area contributed by atoms with Gasteiger partial charge in [-0.15, -0.1) is 0 Å². The first kappa shape index (κ1) is 37.7. The fourth-order valence-corrected chi connectivity index (χ4v) is 4.77. The number of imide groups is 1. The maximum Gasteiger partial charge on any atom is 0.384 e. The van der Waals surface area contributed by atoms with Gasteiger partial charge in [-0.1, -0.05) is 57.1 Å². The molecule has 0 saturated heterocycles. The molecule has 0 aliphatic carbocycles. The maximum absolute atomic E-state index is 14.3. The lowest BCUT2D eigenvalue weighted by molar-refractivity contribution is -0.425. The SMILES string of the molecule is O=C1c2ccccc2C(=O)N1CCCC(F)(F)C(F)(F)C(F)(F)C(F)(F)C(F)(F)C(F)(F)CCCCCCCCCCCO. The Bertz CT molecular complexity index is 1090. The van der Waals surface area contributed by atoms with Gasteiger partial charge >= 0.3 is 35.5 Å². The van der Waals surface area contributed by atoms with Gasteiger partial charge in [0.2, 0.25) is 0 Å². The van der Waals surface area contributed by atoms with Crippen molar-refractivity contribution in [3.63, 3.8) is 0 Å². The zero-order chi connectivity index (χ0) is 33.6. The Labute approximate surface area is 245 Å². The summed E-state index contributed by atoms with van der Waals surface area (Å²) in [5.74, 6) is -43.8. The van der Waals surface area contributed by atoms with Crippen molar-refractivity contribution in [2.75, 3.05) is 13.2 Å². The summed E-state index contributed by atoms with van der Waals surface area (Å²) in [5, 5.41) is 8.67. The van der Waals surface area contributed by atoms with Crippen LogP contribution in [0.5, 0.6) is 0 Å². The van der Waals surface area contributed by atoms with E-state index in [-0.39, 0.29) is 30.6 Å². The predicted molar refractivity (Wildman–Crippen MR) is 134 cm³/mol. The van der Waals surface area contributed by atoms with Crippen molar-refractivity contribution in [1.82, 2.24) is 4.90 Å². The molecule has 0 fully saturated rings. The highest BCUT2D eigenvalue weighted by molar-refractivity contribution is 6.21. The first-order valence-corrected chi connectivity index (χ1v) is 14.0. The van der Waals surface area contributed by atoms with E-state index < -0.39 is 79.6 Å². The Morgan fingerprint density at radius 3 is 1.23 bits per heavy atom. The third kappa shape index (κ3) is 7.30. The second-order valence-electron chi connectivity index (χ2n) is 10.8. The Kier molecular flexibility index (Phi) is 12.2. The highest BCUT2D eigenvalue weighted by atomic mass is 19.4. The number of amides is 2. The molecule has 1 aromatic carbocycles. The molecule has 2 rings (SSSR count). The Morgan fingerprint density at radius 2 is 0.841 bits per heavy atom. The number of aliphatic hydroxyl groups excluding tert-OH is 1. The van der Waals surface area contributed by atoms with Gasteiger partial charge in [0.05, 0.1) is 11.1 Å². The monoisotopic (exact) mass is 659 g/mol. The van der Waals surface area contributed by atoms with Crippen LogP contribution in [0.4, 0.5) is 52.7 Å². The zero-order valence-corrected chi connectivity index (χ0v) is 23.5. The maximum atomic E-state index is 14.3. The number of hydrogen-bond donors (Lipinski definition) is 1. The largest absolute Gasteiger partial charge is 0.396 e. The fraction of sp³-hybridized carbons (Fsp3) is 0.714. The Hall–Kier alpha value is -2.52. The van der Waals surface area contributed by atoms with E-state index in [1.165, 1.54) is 24.3 Å². The van der Waals surface area contributed by atoms with Crippen molar-refractivity contribution in [3.05, 3.63) is 35.4 Å². The quantitative estimate of drug-likeness (QED) is 0.0866. The molecule has 0 bridgehead atoms. The molecule has 44 heavy (non-hydrogen) atoms. The van der Waals surface area contributed by atoms with Crippen LogP contribution in [0.2, 0.25) is 0 Å². The van der Waals surface area contributed by atoms with E-state index in [1.807, 2.05) is 0 Å². The standard InChI is InChI=1S/C28H33F12NO3/c29-23(30,15-10-6-4-2-1-3-5-7-11-18-42)25(33,34)27(37,38)28(39,40)26(35,36)24(31,32)16-12-17-41-21(43)19-13-8-9-14-20(19)22(41)44/h8-9,13-14,42H,1-7,10-12,15-18H2. The molecule has 1 aliphatic rings. The number of carbonyl (C=O) groups excluding carboxylic acids is 2. The molecule has 0 unspecified atom stereocenters. The summed E-state index contributed by atoms with van der Waals surface area (Å²) in [7, 11) is 0. The smallest absolute Gasteiger partial charge is 0.384 e. The molecule has 1 heterocycles. The molecule has 0 saturated carbocycles. The summed E-state index contributed by atoms with van der Waals surface area (Å²) in [5.41, 5.74) is -0.344. The van der Waals surface area contributed by atoms with Gasteiger partial charge in [0.15, 0.2) is 0 Å². The number of carbonyl (C=O) groups is 2. The topological polar surface area (TPSA) is 57.6 Å². The second-order valence-corrected chi connectivity index (χ2v) is 10.8. The number of nitrogens with zero attached hydrogens (tertiary/aromatic N) is 1. The number of alkyl halides is 12. The zero-order valence-electron chi connectivity index (χ0n) is 23.5. The van der Waals surface area contributed by atoms with Crippen LogP contribution in [0.25, 0.3) is 0 Å². The Morgan fingerprint density at radius 1 is 0.500 bits per heavy atom. The molecule has 0 radical (unpaired) electrons. The van der Waals surface area contributed by atoms with Gasteiger partial charge in [-0.05, 0) is 31.4 Å². The number of rotatable bonds is 20. The van der Waals surface area contributed by atoms with Crippen molar-refractivity contribution in [2.45, 2.75) is 113 Å². The lowest BCUT2D eigenvalue weighted by atomic mass is 9.88. The highest BCUT2D eigenvalue weighted by Crippen LogP contribution is 2.61. The first-order chi connectivity index (χ1) is 20.2. The average molecular weight is 660 g/mol. The molecule has 0 aromatic heterocycles.